The summed E-state index contributed by atoms with van der Waals surface area (Å²) in [5.41, 5.74) is 2.75. The van der Waals surface area contributed by atoms with E-state index in [0.717, 1.165) is 55.7 Å². The first-order valence-corrected chi connectivity index (χ1v) is 11.2. The molecule has 0 atom stereocenters. The average molecular weight is 452 g/mol. The predicted molar refractivity (Wildman–Crippen MR) is 122 cm³/mol. The first-order valence-electron chi connectivity index (χ1n) is 10.9. The highest BCUT2D eigenvalue weighted by atomic mass is 35.5. The largest absolute Gasteiger partial charge is 0.355 e. The zero-order valence-corrected chi connectivity index (χ0v) is 18.2. The Morgan fingerprint density at radius 2 is 1.78 bits per heavy atom. The predicted octanol–water partition coefficient (Wildman–Crippen LogP) is 4.49. The standard InChI is InChI=1S/C24H23ClFN5O/c25-20-13-27-10-7-19(20)23-22(15-3-5-17(26)6-4-15)28-14-21(30-23)31-11-8-18(9-12-31)29-24(32)16-1-2-16/h3-7,10,13-14,16,18H,1-2,8-9,11-12H2,(H,29,32). The van der Waals surface area contributed by atoms with Gasteiger partial charge >= 0.3 is 0 Å². The summed E-state index contributed by atoms with van der Waals surface area (Å²) in [6.45, 7) is 1.56. The molecule has 0 unspecified atom stereocenters. The highest BCUT2D eigenvalue weighted by Crippen LogP contribution is 2.35. The van der Waals surface area contributed by atoms with Crippen molar-refractivity contribution in [2.75, 3.05) is 18.0 Å². The van der Waals surface area contributed by atoms with Crippen LogP contribution in [0.15, 0.2) is 48.9 Å². The summed E-state index contributed by atoms with van der Waals surface area (Å²) in [6.07, 6.45) is 8.75. The number of piperidine rings is 1. The van der Waals surface area contributed by atoms with E-state index in [-0.39, 0.29) is 23.7 Å². The smallest absolute Gasteiger partial charge is 0.223 e. The van der Waals surface area contributed by atoms with Crippen molar-refractivity contribution >= 4 is 23.3 Å². The van der Waals surface area contributed by atoms with E-state index in [1.807, 2.05) is 6.07 Å². The molecule has 8 heteroatoms. The lowest BCUT2D eigenvalue weighted by atomic mass is 10.0. The molecule has 6 nitrogen and oxygen atoms in total. The molecule has 1 aliphatic carbocycles. The van der Waals surface area contributed by atoms with E-state index in [0.29, 0.717) is 16.4 Å². The molecule has 0 bridgehead atoms. The van der Waals surface area contributed by atoms with Gasteiger partial charge in [-0.1, -0.05) is 11.6 Å². The van der Waals surface area contributed by atoms with Gasteiger partial charge in [0.15, 0.2) is 0 Å². The van der Waals surface area contributed by atoms with Crippen molar-refractivity contribution in [1.82, 2.24) is 20.3 Å². The molecule has 0 radical (unpaired) electrons. The van der Waals surface area contributed by atoms with Crippen molar-refractivity contribution in [3.8, 4) is 22.5 Å². The molecular weight excluding hydrogens is 429 g/mol. The highest BCUT2D eigenvalue weighted by molar-refractivity contribution is 6.33. The van der Waals surface area contributed by atoms with E-state index in [2.05, 4.69) is 15.2 Å². The number of aromatic nitrogens is 3. The molecule has 2 aliphatic rings. The molecule has 3 aromatic rings. The fraction of sp³-hybridized carbons (Fsp3) is 0.333. The number of hydrogen-bond acceptors (Lipinski definition) is 5. The molecule has 164 valence electrons. The van der Waals surface area contributed by atoms with Gasteiger partial charge < -0.3 is 10.2 Å². The summed E-state index contributed by atoms with van der Waals surface area (Å²) < 4.78 is 13.5. The third kappa shape index (κ3) is 4.43. The van der Waals surface area contributed by atoms with Gasteiger partial charge in [-0.05, 0) is 56.0 Å². The molecular formula is C24H23ClFN5O. The average Bonchev–Trinajstić information content (AvgIpc) is 3.66. The summed E-state index contributed by atoms with van der Waals surface area (Å²) in [5.74, 6) is 0.872. The van der Waals surface area contributed by atoms with Crippen LogP contribution in [0.4, 0.5) is 10.2 Å². The van der Waals surface area contributed by atoms with Gasteiger partial charge in [-0.25, -0.2) is 9.37 Å². The second-order valence-corrected chi connectivity index (χ2v) is 8.74. The van der Waals surface area contributed by atoms with E-state index in [1.165, 1.54) is 12.1 Å². The number of benzene rings is 1. The number of nitrogens with zero attached hydrogens (tertiary/aromatic N) is 4. The van der Waals surface area contributed by atoms with Crippen LogP contribution < -0.4 is 10.2 Å². The molecule has 0 spiro atoms. The lowest BCUT2D eigenvalue weighted by Crippen LogP contribution is -2.45. The zero-order chi connectivity index (χ0) is 22.1. The molecule has 1 aromatic carbocycles. The Morgan fingerprint density at radius 3 is 2.47 bits per heavy atom. The Bertz CT molecular complexity index is 1130. The van der Waals surface area contributed by atoms with Crippen LogP contribution in [0.25, 0.3) is 22.5 Å². The molecule has 1 saturated heterocycles. The minimum atomic E-state index is -0.307. The van der Waals surface area contributed by atoms with Crippen molar-refractivity contribution in [3.05, 3.63) is 59.8 Å². The van der Waals surface area contributed by atoms with Crippen LogP contribution in [0.1, 0.15) is 25.7 Å². The minimum absolute atomic E-state index is 0.196. The Kier molecular flexibility index (Phi) is 5.74. The van der Waals surface area contributed by atoms with E-state index >= 15 is 0 Å². The Balaban J connectivity index is 1.42. The lowest BCUT2D eigenvalue weighted by molar-refractivity contribution is -0.123. The maximum atomic E-state index is 13.5. The van der Waals surface area contributed by atoms with Gasteiger partial charge in [0.2, 0.25) is 5.91 Å². The minimum Gasteiger partial charge on any atom is -0.355 e. The number of amides is 1. The maximum Gasteiger partial charge on any atom is 0.223 e. The summed E-state index contributed by atoms with van der Waals surface area (Å²) in [4.78, 5) is 27.9. The number of carbonyl (C=O) groups excluding carboxylic acids is 1. The summed E-state index contributed by atoms with van der Waals surface area (Å²) in [5, 5.41) is 3.65. The Morgan fingerprint density at radius 1 is 1.03 bits per heavy atom. The number of rotatable bonds is 5. The molecule has 3 heterocycles. The van der Waals surface area contributed by atoms with Crippen LogP contribution in [0.2, 0.25) is 5.02 Å². The number of carbonyl (C=O) groups is 1. The third-order valence-corrected chi connectivity index (χ3v) is 6.32. The van der Waals surface area contributed by atoms with Crippen LogP contribution in [0.3, 0.4) is 0 Å². The van der Waals surface area contributed by atoms with Gasteiger partial charge in [-0.2, -0.15) is 0 Å². The Hall–Kier alpha value is -3.06. The second kappa shape index (κ2) is 8.82. The van der Waals surface area contributed by atoms with Crippen LogP contribution in [-0.4, -0.2) is 40.0 Å². The second-order valence-electron chi connectivity index (χ2n) is 8.33. The SMILES string of the molecule is O=C(NC1CCN(c2cnc(-c3ccc(F)cc3)c(-c3ccncc3Cl)n2)CC1)C1CC1. The van der Waals surface area contributed by atoms with Gasteiger partial charge in [0.1, 0.15) is 17.3 Å². The number of hydrogen-bond donors (Lipinski definition) is 1. The van der Waals surface area contributed by atoms with Gasteiger partial charge in [-0.3, -0.25) is 14.8 Å². The van der Waals surface area contributed by atoms with Crippen LogP contribution in [0, 0.1) is 11.7 Å². The first-order chi connectivity index (χ1) is 15.6. The van der Waals surface area contributed by atoms with E-state index in [1.54, 1.807) is 30.7 Å². The van der Waals surface area contributed by atoms with Crippen LogP contribution in [-0.2, 0) is 4.79 Å². The quantitative estimate of drug-likeness (QED) is 0.618. The first kappa shape index (κ1) is 20.8. The summed E-state index contributed by atoms with van der Waals surface area (Å²) >= 11 is 6.44. The number of pyridine rings is 1. The van der Waals surface area contributed by atoms with Crippen LogP contribution >= 0.6 is 11.6 Å². The van der Waals surface area contributed by atoms with Gasteiger partial charge in [0.25, 0.3) is 0 Å². The zero-order valence-electron chi connectivity index (χ0n) is 17.5. The van der Waals surface area contributed by atoms with Crippen molar-refractivity contribution < 1.29 is 9.18 Å². The van der Waals surface area contributed by atoms with E-state index < -0.39 is 0 Å². The summed E-state index contributed by atoms with van der Waals surface area (Å²) in [7, 11) is 0. The van der Waals surface area contributed by atoms with Crippen molar-refractivity contribution in [2.24, 2.45) is 5.92 Å². The molecule has 2 aromatic heterocycles. The Labute approximate surface area is 190 Å². The fourth-order valence-electron chi connectivity index (χ4n) is 4.02. The molecule has 1 saturated carbocycles. The maximum absolute atomic E-state index is 13.5. The molecule has 1 amide bonds. The van der Waals surface area contributed by atoms with Crippen molar-refractivity contribution in [2.45, 2.75) is 31.7 Å². The number of anilines is 1. The molecule has 32 heavy (non-hydrogen) atoms. The number of nitrogens with one attached hydrogen (secondary N) is 1. The normalized spacial score (nSPS) is 16.8. The summed E-state index contributed by atoms with van der Waals surface area (Å²) in [6, 6.07) is 8.20. The van der Waals surface area contributed by atoms with Crippen LogP contribution in [0.5, 0.6) is 0 Å². The van der Waals surface area contributed by atoms with Crippen molar-refractivity contribution in [1.29, 1.82) is 0 Å². The highest BCUT2D eigenvalue weighted by Gasteiger charge is 2.32. The molecule has 1 aliphatic heterocycles. The van der Waals surface area contributed by atoms with Gasteiger partial charge in [-0.15, -0.1) is 0 Å². The topological polar surface area (TPSA) is 71.0 Å². The monoisotopic (exact) mass is 451 g/mol. The lowest BCUT2D eigenvalue weighted by Gasteiger charge is -2.33. The van der Waals surface area contributed by atoms with Crippen molar-refractivity contribution in [3.63, 3.8) is 0 Å². The van der Waals surface area contributed by atoms with E-state index in [9.17, 15) is 9.18 Å². The third-order valence-electron chi connectivity index (χ3n) is 6.02. The number of halogens is 2. The van der Waals surface area contributed by atoms with Gasteiger partial charge in [0.05, 0.1) is 16.9 Å². The van der Waals surface area contributed by atoms with Gasteiger partial charge in [0, 0.05) is 48.6 Å². The molecule has 2 fully saturated rings. The fourth-order valence-corrected chi connectivity index (χ4v) is 4.23. The molecule has 1 N–H and O–H groups in total. The molecule has 5 rings (SSSR count). The van der Waals surface area contributed by atoms with E-state index in [4.69, 9.17) is 21.6 Å².